The molecule has 6 rings (SSSR count). The van der Waals surface area contributed by atoms with Crippen molar-refractivity contribution in [3.05, 3.63) is 96.1 Å². The van der Waals surface area contributed by atoms with Gasteiger partial charge in [0.05, 0.1) is 23.1 Å². The van der Waals surface area contributed by atoms with Gasteiger partial charge in [0.2, 0.25) is 11.8 Å². The first-order valence-electron chi connectivity index (χ1n) is 12.8. The highest BCUT2D eigenvalue weighted by Gasteiger charge is 2.60. The van der Waals surface area contributed by atoms with Gasteiger partial charge in [0.15, 0.2) is 6.61 Å². The third kappa shape index (κ3) is 4.58. The van der Waals surface area contributed by atoms with Crippen LogP contribution in [0.2, 0.25) is 0 Å². The fourth-order valence-corrected chi connectivity index (χ4v) is 5.94. The fraction of sp³-hybridized carbons (Fsp3) is 0.226. The van der Waals surface area contributed by atoms with Gasteiger partial charge >= 0.3 is 5.97 Å². The van der Waals surface area contributed by atoms with Gasteiger partial charge < -0.3 is 14.8 Å². The van der Waals surface area contributed by atoms with Gasteiger partial charge in [-0.05, 0) is 79.8 Å². The van der Waals surface area contributed by atoms with E-state index in [1.54, 1.807) is 36.4 Å². The highest BCUT2D eigenvalue weighted by atomic mass is 16.5. The summed E-state index contributed by atoms with van der Waals surface area (Å²) in [4.78, 5) is 52.7. The van der Waals surface area contributed by atoms with Crippen LogP contribution in [0.3, 0.4) is 0 Å². The monoisotopic (exact) mass is 522 g/mol. The van der Waals surface area contributed by atoms with Crippen molar-refractivity contribution in [2.75, 3.05) is 16.8 Å². The maximum atomic E-state index is 13.2. The summed E-state index contributed by atoms with van der Waals surface area (Å²) >= 11 is 0. The third-order valence-corrected chi connectivity index (χ3v) is 7.67. The minimum Gasteiger partial charge on any atom is -0.457 e. The lowest BCUT2D eigenvalue weighted by Gasteiger charge is -2.19. The lowest BCUT2D eigenvalue weighted by atomic mass is 9.82. The summed E-state index contributed by atoms with van der Waals surface area (Å²) in [6.07, 6.45) is 2.97. The number of carbonyl (C=O) groups is 4. The van der Waals surface area contributed by atoms with Crippen LogP contribution >= 0.6 is 0 Å². The van der Waals surface area contributed by atoms with E-state index in [-0.39, 0.29) is 41.0 Å². The number of rotatable bonds is 7. The van der Waals surface area contributed by atoms with Gasteiger partial charge in [-0.3, -0.25) is 14.4 Å². The van der Waals surface area contributed by atoms with Gasteiger partial charge in [-0.1, -0.05) is 35.9 Å². The van der Waals surface area contributed by atoms with Crippen LogP contribution in [0.15, 0.2) is 90.5 Å². The van der Waals surface area contributed by atoms with Crippen molar-refractivity contribution in [2.45, 2.75) is 13.3 Å². The molecule has 0 spiro atoms. The first kappa shape index (κ1) is 24.6. The molecule has 1 heterocycles. The van der Waals surface area contributed by atoms with Crippen molar-refractivity contribution in [2.24, 2.45) is 23.7 Å². The van der Waals surface area contributed by atoms with Gasteiger partial charge in [-0.25, -0.2) is 9.69 Å². The summed E-state index contributed by atoms with van der Waals surface area (Å²) in [6.45, 7) is 1.52. The number of imide groups is 1. The molecule has 0 unspecified atom stereocenters. The van der Waals surface area contributed by atoms with Crippen LogP contribution in [0.5, 0.6) is 11.5 Å². The maximum Gasteiger partial charge on any atom is 0.338 e. The number of hydrogen-bond donors (Lipinski definition) is 1. The Balaban J connectivity index is 1.05. The van der Waals surface area contributed by atoms with Gasteiger partial charge in [0.25, 0.3) is 5.91 Å². The molecule has 1 saturated carbocycles. The standard InChI is InChI=1S/C31H26N2O6/c1-18-14-20-16-25(18)28-27(20)29(35)33(30(28)36)22-7-5-6-19(15-22)31(37)38-17-26(34)32-21-10-12-24(13-11-21)39-23-8-3-2-4-9-23/h2-15,20,25,27-28H,16-17H2,1H3,(H,32,34)/t20-,25+,27-,28+/m0/s1. The van der Waals surface area contributed by atoms with E-state index in [9.17, 15) is 19.2 Å². The zero-order valence-electron chi connectivity index (χ0n) is 21.2. The number of nitrogens with one attached hydrogen (secondary N) is 1. The van der Waals surface area contributed by atoms with Crippen molar-refractivity contribution in [1.82, 2.24) is 0 Å². The predicted molar refractivity (Wildman–Crippen MR) is 143 cm³/mol. The molecule has 2 fully saturated rings. The minimum absolute atomic E-state index is 0.0979. The van der Waals surface area contributed by atoms with E-state index in [0.29, 0.717) is 22.9 Å². The van der Waals surface area contributed by atoms with Crippen molar-refractivity contribution in [3.8, 4) is 11.5 Å². The number of para-hydroxylation sites is 1. The molecular formula is C31H26N2O6. The summed E-state index contributed by atoms with van der Waals surface area (Å²) in [5.74, 6) is -0.797. The van der Waals surface area contributed by atoms with Crippen LogP contribution < -0.4 is 15.0 Å². The van der Waals surface area contributed by atoms with Gasteiger partial charge in [-0.15, -0.1) is 0 Å². The zero-order chi connectivity index (χ0) is 27.1. The average molecular weight is 523 g/mol. The molecule has 0 aromatic heterocycles. The largest absolute Gasteiger partial charge is 0.457 e. The molecule has 1 N–H and O–H groups in total. The first-order chi connectivity index (χ1) is 18.9. The van der Waals surface area contributed by atoms with Crippen molar-refractivity contribution in [3.63, 3.8) is 0 Å². The van der Waals surface area contributed by atoms with E-state index >= 15 is 0 Å². The number of nitrogens with zero attached hydrogens (tertiary/aromatic N) is 1. The number of carbonyl (C=O) groups excluding carboxylic acids is 4. The Labute approximate surface area is 225 Å². The van der Waals surface area contributed by atoms with Crippen molar-refractivity contribution >= 4 is 35.1 Å². The highest BCUT2D eigenvalue weighted by Crippen LogP contribution is 2.55. The van der Waals surface area contributed by atoms with Gasteiger partial charge in [-0.2, -0.15) is 0 Å². The molecule has 39 heavy (non-hydrogen) atoms. The van der Waals surface area contributed by atoms with Crippen LogP contribution in [0.25, 0.3) is 0 Å². The van der Waals surface area contributed by atoms with E-state index in [1.165, 1.54) is 22.6 Å². The summed E-state index contributed by atoms with van der Waals surface area (Å²) in [7, 11) is 0. The molecule has 3 aromatic rings. The molecule has 2 bridgehead atoms. The lowest BCUT2D eigenvalue weighted by molar-refractivity contribution is -0.123. The smallest absolute Gasteiger partial charge is 0.338 e. The summed E-state index contributed by atoms with van der Waals surface area (Å²) < 4.78 is 10.9. The van der Waals surface area contributed by atoms with E-state index in [0.717, 1.165) is 6.42 Å². The third-order valence-electron chi connectivity index (χ3n) is 7.67. The molecule has 1 saturated heterocycles. The zero-order valence-corrected chi connectivity index (χ0v) is 21.2. The number of fused-ring (bicyclic) bond motifs is 5. The molecule has 3 aromatic carbocycles. The van der Waals surface area contributed by atoms with Gasteiger partial charge in [0.1, 0.15) is 11.5 Å². The topological polar surface area (TPSA) is 102 Å². The highest BCUT2D eigenvalue weighted by molar-refractivity contribution is 6.23. The normalized spacial score (nSPS) is 22.9. The number of hydrogen-bond acceptors (Lipinski definition) is 6. The van der Waals surface area contributed by atoms with Crippen LogP contribution in [0.4, 0.5) is 11.4 Å². The molecule has 3 amide bonds. The second-order valence-electron chi connectivity index (χ2n) is 10.1. The summed E-state index contributed by atoms with van der Waals surface area (Å²) in [5.41, 5.74) is 2.19. The minimum atomic E-state index is -0.726. The Kier molecular flexibility index (Phi) is 6.23. The summed E-state index contributed by atoms with van der Waals surface area (Å²) in [6, 6.07) is 22.4. The maximum absolute atomic E-state index is 13.2. The Morgan fingerprint density at radius 2 is 1.62 bits per heavy atom. The number of ether oxygens (including phenoxy) is 2. The second kappa shape index (κ2) is 9.87. The molecule has 1 aliphatic heterocycles. The number of anilines is 2. The molecule has 3 aliphatic rings. The molecule has 196 valence electrons. The second-order valence-corrected chi connectivity index (χ2v) is 10.1. The molecule has 8 heteroatoms. The number of esters is 1. The quantitative estimate of drug-likeness (QED) is 0.267. The van der Waals surface area contributed by atoms with Crippen molar-refractivity contribution < 1.29 is 28.7 Å². The van der Waals surface area contributed by atoms with Crippen LogP contribution in [-0.4, -0.2) is 30.3 Å². The molecule has 8 nitrogen and oxygen atoms in total. The van der Waals surface area contributed by atoms with E-state index in [4.69, 9.17) is 9.47 Å². The first-order valence-corrected chi connectivity index (χ1v) is 12.8. The molecular weight excluding hydrogens is 496 g/mol. The number of amides is 3. The number of allylic oxidation sites excluding steroid dienone is 2. The van der Waals surface area contributed by atoms with E-state index < -0.39 is 18.5 Å². The Bertz CT molecular complexity index is 1500. The molecule has 2 aliphatic carbocycles. The summed E-state index contributed by atoms with van der Waals surface area (Å²) in [5, 5.41) is 2.67. The Morgan fingerprint density at radius 3 is 2.38 bits per heavy atom. The molecule has 0 radical (unpaired) electrons. The fourth-order valence-electron chi connectivity index (χ4n) is 5.94. The van der Waals surface area contributed by atoms with Crippen molar-refractivity contribution in [1.29, 1.82) is 0 Å². The number of benzene rings is 3. The van der Waals surface area contributed by atoms with E-state index in [1.807, 2.05) is 37.3 Å². The SMILES string of the molecule is CC1=C[C@H]2C[C@H]1[C@H]1C(=O)N(c3cccc(C(=O)OCC(=O)Nc4ccc(Oc5ccccc5)cc4)c3)C(=O)[C@H]12. The van der Waals surface area contributed by atoms with Crippen LogP contribution in [0.1, 0.15) is 23.7 Å². The Morgan fingerprint density at radius 1 is 0.897 bits per heavy atom. The van der Waals surface area contributed by atoms with Crippen LogP contribution in [-0.2, 0) is 19.1 Å². The Hall–Kier alpha value is -4.72. The predicted octanol–water partition coefficient (Wildman–Crippen LogP) is 4.98. The van der Waals surface area contributed by atoms with E-state index in [2.05, 4.69) is 11.4 Å². The molecule has 4 atom stereocenters. The van der Waals surface area contributed by atoms with Gasteiger partial charge in [0, 0.05) is 5.69 Å². The lowest BCUT2D eigenvalue weighted by Crippen LogP contribution is -2.33. The van der Waals surface area contributed by atoms with Crippen LogP contribution in [0, 0.1) is 23.7 Å². The average Bonchev–Trinajstić information content (AvgIpc) is 3.59.